The number of rotatable bonds is 20. The van der Waals surface area contributed by atoms with Crippen molar-refractivity contribution in [2.24, 2.45) is 11.3 Å². The molecule has 0 radical (unpaired) electrons. The maximum atomic E-state index is 15.9. The molecule has 6 aromatic rings. The minimum Gasteiger partial charge on any atom is -0.412 e. The van der Waals surface area contributed by atoms with Crippen LogP contribution in [0.25, 0.3) is 32.6 Å². The minimum absolute atomic E-state index is 0.00707. The Morgan fingerprint density at radius 3 is 2.16 bits per heavy atom. The molecule has 3 aromatic heterocycles. The number of thiazole rings is 1. The molecule has 2 unspecified atom stereocenters. The molecule has 5 atom stereocenters. The van der Waals surface area contributed by atoms with E-state index >= 15 is 8.78 Å². The summed E-state index contributed by atoms with van der Waals surface area (Å²) in [6, 6.07) is 16.5. The highest BCUT2D eigenvalue weighted by Gasteiger charge is 2.49. The predicted octanol–water partition coefficient (Wildman–Crippen LogP) is 9.08. The number of aromatic amines is 1. The number of likely N-dealkylation sites (tertiary alicyclic amines) is 2. The Balaban J connectivity index is 0.710. The van der Waals surface area contributed by atoms with Gasteiger partial charge in [0.15, 0.2) is 14.1 Å². The van der Waals surface area contributed by atoms with Gasteiger partial charge in [0.25, 0.3) is 0 Å². The normalized spacial score (nSPS) is 20.2. The number of piperazine rings is 1. The second kappa shape index (κ2) is 26.9. The third kappa shape index (κ3) is 14.8. The smallest absolute Gasteiger partial charge is 0.301 e. The molecule has 3 amide bonds. The first kappa shape index (κ1) is 66.3. The number of benzene rings is 3. The maximum Gasteiger partial charge on any atom is 0.301 e. The number of aryl methyl sites for hydroxylation is 1. The van der Waals surface area contributed by atoms with E-state index in [9.17, 15) is 37.1 Å². The van der Waals surface area contributed by atoms with Crippen LogP contribution in [0.5, 0.6) is 0 Å². The molecule has 3 aromatic carbocycles. The van der Waals surface area contributed by atoms with Crippen LogP contribution in [-0.2, 0) is 29.0 Å². The van der Waals surface area contributed by atoms with E-state index in [1.807, 2.05) is 80.9 Å². The van der Waals surface area contributed by atoms with E-state index in [0.717, 1.165) is 108 Å². The summed E-state index contributed by atoms with van der Waals surface area (Å²) in [4.78, 5) is 78.7. The molecule has 0 bridgehead atoms. The Morgan fingerprint density at radius 2 is 1.53 bits per heavy atom. The van der Waals surface area contributed by atoms with E-state index in [2.05, 4.69) is 74.2 Å². The number of halogens is 3. The zero-order chi connectivity index (χ0) is 64.6. The molecule has 7 heterocycles. The highest BCUT2D eigenvalue weighted by Crippen LogP contribution is 2.40. The number of nitrogens with zero attached hydrogens (tertiary/aromatic N) is 7. The average Bonchev–Trinajstić information content (AvgIpc) is 1.74. The number of H-pyrrole nitrogens is 1. The van der Waals surface area contributed by atoms with E-state index in [-0.39, 0.29) is 61.5 Å². The van der Waals surface area contributed by atoms with Crippen molar-refractivity contribution in [3.05, 3.63) is 119 Å². The Kier molecular flexibility index (Phi) is 19.9. The number of fused-ring (bicyclic) bond motifs is 1. The van der Waals surface area contributed by atoms with Crippen LogP contribution in [0.1, 0.15) is 100 Å². The van der Waals surface area contributed by atoms with Crippen LogP contribution in [0.15, 0.2) is 84.6 Å². The summed E-state index contributed by atoms with van der Waals surface area (Å²) in [5.41, 5.74) is 4.92. The van der Waals surface area contributed by atoms with Crippen LogP contribution < -0.4 is 20.3 Å². The summed E-state index contributed by atoms with van der Waals surface area (Å²) < 4.78 is 80.5. The molecular weight excluding hydrogens is 1210 g/mol. The largest absolute Gasteiger partial charge is 0.412 e. The number of ketones is 1. The summed E-state index contributed by atoms with van der Waals surface area (Å²) in [5, 5.41) is 17.0. The van der Waals surface area contributed by atoms with Gasteiger partial charge in [-0.3, -0.25) is 33.7 Å². The van der Waals surface area contributed by atoms with E-state index in [1.54, 1.807) is 34.0 Å². The second-order valence-corrected chi connectivity index (χ2v) is 34.4. The van der Waals surface area contributed by atoms with Crippen molar-refractivity contribution in [2.45, 2.75) is 123 Å². The third-order valence-corrected chi connectivity index (χ3v) is 25.7. The summed E-state index contributed by atoms with van der Waals surface area (Å²) in [6.07, 6.45) is 3.31. The fourth-order valence-electron chi connectivity index (χ4n) is 12.3. The lowest BCUT2D eigenvalue weighted by Gasteiger charge is -2.40. The lowest BCUT2D eigenvalue weighted by Crippen LogP contribution is -2.59. The molecule has 4 saturated heterocycles. The molecule has 25 heteroatoms. The van der Waals surface area contributed by atoms with Crippen LogP contribution in [0.3, 0.4) is 0 Å². The lowest BCUT2D eigenvalue weighted by atomic mass is 9.85. The Labute approximate surface area is 530 Å². The van der Waals surface area contributed by atoms with Gasteiger partial charge in [0.05, 0.1) is 52.6 Å². The molecule has 5 N–H and O–H groups in total. The molecule has 0 saturated carbocycles. The van der Waals surface area contributed by atoms with Crippen molar-refractivity contribution in [1.82, 2.24) is 44.6 Å². The minimum atomic E-state index is -4.38. The third-order valence-electron chi connectivity index (χ3n) is 18.6. The van der Waals surface area contributed by atoms with Crippen molar-refractivity contribution in [1.29, 1.82) is 0 Å². The number of aliphatic hydroxyl groups excluding tert-OH is 1. The van der Waals surface area contributed by atoms with Gasteiger partial charge in [0.1, 0.15) is 29.7 Å². The monoisotopic (exact) mass is 1300 g/mol. The number of hydrogen-bond acceptors (Lipinski definition) is 14. The number of carbonyl (C=O) groups is 4. The summed E-state index contributed by atoms with van der Waals surface area (Å²) in [7, 11) is -6.71. The Hall–Kier alpha value is -6.58. The maximum absolute atomic E-state index is 15.9. The first-order valence-corrected chi connectivity index (χ1v) is 36.2. The highest BCUT2D eigenvalue weighted by atomic mass is 32.2. The van der Waals surface area contributed by atoms with Crippen LogP contribution in [0, 0.1) is 29.9 Å². The first-order chi connectivity index (χ1) is 42.6. The molecule has 0 aliphatic carbocycles. The van der Waals surface area contributed by atoms with Gasteiger partial charge < -0.3 is 34.9 Å². The number of piperidine rings is 1. The van der Waals surface area contributed by atoms with Crippen molar-refractivity contribution in [2.75, 3.05) is 88.2 Å². The van der Waals surface area contributed by atoms with Gasteiger partial charge >= 0.3 is 10.2 Å². The Morgan fingerprint density at radius 1 is 0.844 bits per heavy atom. The SMILES string of the molecule is Cc1ncsc1-c1ccc(C(CO)NC(=O)[C@@H]2C[C@@H](O[Si](C)(C)C(C)(C)C)CN2C(=O)C(NC(=O)CN2CCC(CN3CCN(c4ccc(-c5cnc6[nH]cc(C(=O)c7c(F)ccc(NS(=O)(=O)N8CC[C@@H](F)C8)c7F)c6c5)cc4)CC3)CC2)C(C)(C)C)cc1. The molecule has 0 spiro atoms. The molecule has 19 nitrogen and oxygen atoms in total. The first-order valence-electron chi connectivity index (χ1n) is 31.0. The van der Waals surface area contributed by atoms with Crippen LogP contribution in [0.2, 0.25) is 18.1 Å². The molecule has 4 aliphatic heterocycles. The highest BCUT2D eigenvalue weighted by molar-refractivity contribution is 7.90. The predicted molar refractivity (Wildman–Crippen MR) is 347 cm³/mol. The number of amides is 3. The van der Waals surface area contributed by atoms with Crippen LogP contribution >= 0.6 is 11.3 Å². The molecule has 10 rings (SSSR count). The zero-order valence-electron chi connectivity index (χ0n) is 52.7. The summed E-state index contributed by atoms with van der Waals surface area (Å²) >= 11 is 1.55. The number of carbonyl (C=O) groups excluding carboxylic acids is 4. The van der Waals surface area contributed by atoms with E-state index < -0.39 is 95.5 Å². The van der Waals surface area contributed by atoms with Crippen molar-refractivity contribution in [3.63, 3.8) is 0 Å². The number of aliphatic hydroxyl groups is 1. The van der Waals surface area contributed by atoms with Gasteiger partial charge in [-0.2, -0.15) is 12.7 Å². The van der Waals surface area contributed by atoms with E-state index in [0.29, 0.717) is 22.5 Å². The van der Waals surface area contributed by atoms with Crippen LogP contribution in [-0.4, -0.2) is 182 Å². The summed E-state index contributed by atoms with van der Waals surface area (Å²) in [5.74, 6) is -4.13. The number of nitrogens with one attached hydrogen (secondary N) is 4. The average molecular weight is 1300 g/mol. The molecule has 4 aliphatic rings. The number of hydrogen-bond donors (Lipinski definition) is 5. The van der Waals surface area contributed by atoms with Gasteiger partial charge in [-0.1, -0.05) is 77.9 Å². The number of aromatic nitrogens is 3. The van der Waals surface area contributed by atoms with Crippen molar-refractivity contribution in [3.8, 4) is 21.6 Å². The fourth-order valence-corrected chi connectivity index (χ4v) is 15.8. The Bertz CT molecular complexity index is 3690. The van der Waals surface area contributed by atoms with Crippen molar-refractivity contribution < 1.29 is 50.3 Å². The number of pyridine rings is 1. The zero-order valence-corrected chi connectivity index (χ0v) is 55.4. The fraction of sp³-hybridized carbons (Fsp3) is 0.508. The van der Waals surface area contributed by atoms with E-state index in [1.165, 1.54) is 6.20 Å². The molecule has 484 valence electrons. The van der Waals surface area contributed by atoms with Gasteiger partial charge in [0.2, 0.25) is 23.5 Å². The lowest BCUT2D eigenvalue weighted by molar-refractivity contribution is -0.144. The van der Waals surface area contributed by atoms with E-state index in [4.69, 9.17) is 4.43 Å². The number of alkyl halides is 1. The number of anilines is 2. The van der Waals surface area contributed by atoms with Gasteiger partial charge in [-0.05, 0) is 116 Å². The molecule has 4 fully saturated rings. The quantitative estimate of drug-likeness (QED) is 0.0356. The molecule has 90 heavy (non-hydrogen) atoms. The standard InChI is InChI=1S/C65H84F3N11O8S2Si/c1-40-59(88-39-71-40)44-12-10-43(11-13-44)53(38-80)72-62(83)54-31-48(87-90(8,9)65(5,6)7)36-79(54)63(84)60(64(2,3)4)73-55(81)37-75-23-20-41(21-24-75)34-76-26-28-77(29-27-76)47-16-14-42(15-17-47)45-30-49-50(33-70-61(49)69-32-45)58(82)56-51(67)18-19-52(57(56)68)74-89(85,86)78-25-22-46(66)35-78/h10-19,30,32-33,39,41,46,48,53-54,60,74,80H,20-29,31,34-38H2,1-9H3,(H,69,70)(H,72,83)(H,73,81)/t46-,48-,53?,54+,60?/m1/s1. The summed E-state index contributed by atoms with van der Waals surface area (Å²) in [6.45, 7) is 23.8. The van der Waals surface area contributed by atoms with Gasteiger partial charge in [-0.25, -0.2) is 23.1 Å². The van der Waals surface area contributed by atoms with Crippen molar-refractivity contribution >= 4 is 75.8 Å². The topological polar surface area (TPSA) is 226 Å². The van der Waals surface area contributed by atoms with Crippen LogP contribution in [0.4, 0.5) is 24.5 Å². The second-order valence-electron chi connectivity index (χ2n) is 27.1. The van der Waals surface area contributed by atoms with Gasteiger partial charge in [0, 0.05) is 93.4 Å². The van der Waals surface area contributed by atoms with Gasteiger partial charge in [-0.15, -0.1) is 11.3 Å². The molecular formula is C65H84F3N11O8S2Si.